The summed E-state index contributed by atoms with van der Waals surface area (Å²) in [6.07, 6.45) is 0. The van der Waals surface area contributed by atoms with Gasteiger partial charge in [-0.15, -0.1) is 0 Å². The van der Waals surface area contributed by atoms with Crippen LogP contribution in [0.5, 0.6) is 0 Å². The molecule has 0 fully saturated rings. The lowest BCUT2D eigenvalue weighted by atomic mass is 9.95. The average molecular weight is 233 g/mol. The zero-order valence-corrected chi connectivity index (χ0v) is 11.5. The highest BCUT2D eigenvalue weighted by Gasteiger charge is 2.23. The molecule has 0 amide bonds. The molecule has 1 aromatic carbocycles. The van der Waals surface area contributed by atoms with Gasteiger partial charge in [-0.1, -0.05) is 38.1 Å². The maximum Gasteiger partial charge on any atom is 0.0926 e. The molecule has 1 N–H and O–H groups in total. The molecule has 0 saturated heterocycles. The molecule has 0 aromatic heterocycles. The summed E-state index contributed by atoms with van der Waals surface area (Å²) in [5.41, 5.74) is 6.00. The Morgan fingerprint density at radius 3 is 2.18 bits per heavy atom. The minimum atomic E-state index is -0.187. The predicted octanol–water partition coefficient (Wildman–Crippen LogP) is 4.50. The molecule has 1 rings (SSSR count). The monoisotopic (exact) mass is 233 g/mol. The fraction of sp³-hybridized carbons (Fsp3) is 0.467. The Morgan fingerprint density at radius 2 is 1.76 bits per heavy atom. The van der Waals surface area contributed by atoms with Gasteiger partial charge in [-0.25, -0.2) is 0 Å². The van der Waals surface area contributed by atoms with Gasteiger partial charge in [-0.05, 0) is 44.4 Å². The smallest absolute Gasteiger partial charge is 0.0926 e. The van der Waals surface area contributed by atoms with Gasteiger partial charge in [0, 0.05) is 0 Å². The molecule has 17 heavy (non-hydrogen) atoms. The van der Waals surface area contributed by atoms with Crippen LogP contribution in [0.3, 0.4) is 0 Å². The fourth-order valence-corrected chi connectivity index (χ4v) is 1.13. The van der Waals surface area contributed by atoms with Crippen LogP contribution >= 0.6 is 0 Å². The van der Waals surface area contributed by atoms with Crippen LogP contribution < -0.4 is 5.48 Å². The molecular weight excluding hydrogens is 210 g/mol. The van der Waals surface area contributed by atoms with Gasteiger partial charge in [0.25, 0.3) is 0 Å². The van der Waals surface area contributed by atoms with E-state index in [1.165, 1.54) is 0 Å². The second-order valence-electron chi connectivity index (χ2n) is 5.32. The van der Waals surface area contributed by atoms with Crippen molar-refractivity contribution in [3.8, 4) is 0 Å². The number of allylic oxidation sites excluding steroid dienone is 1. The van der Waals surface area contributed by atoms with Crippen LogP contribution in [0.4, 0.5) is 5.69 Å². The largest absolute Gasteiger partial charge is 0.270 e. The van der Waals surface area contributed by atoms with Gasteiger partial charge in [0.15, 0.2) is 0 Å². The van der Waals surface area contributed by atoms with E-state index in [2.05, 4.69) is 39.8 Å². The van der Waals surface area contributed by atoms with Crippen LogP contribution in [0.15, 0.2) is 30.8 Å². The first-order chi connectivity index (χ1) is 7.83. The quantitative estimate of drug-likeness (QED) is 0.756. The minimum Gasteiger partial charge on any atom is -0.270 e. The number of anilines is 1. The fourth-order valence-electron chi connectivity index (χ4n) is 1.13. The molecule has 0 heterocycles. The molecule has 0 bridgehead atoms. The van der Waals surface area contributed by atoms with E-state index in [-0.39, 0.29) is 5.60 Å². The number of hydrogen-bond donors (Lipinski definition) is 1. The Balaban J connectivity index is 2.62. The van der Waals surface area contributed by atoms with Crippen LogP contribution in [0.25, 0.3) is 5.57 Å². The van der Waals surface area contributed by atoms with Crippen LogP contribution in [-0.4, -0.2) is 5.60 Å². The molecule has 94 valence electrons. The lowest BCUT2D eigenvalue weighted by Crippen LogP contribution is -2.33. The van der Waals surface area contributed by atoms with Crippen LogP contribution in [-0.2, 0) is 4.84 Å². The van der Waals surface area contributed by atoms with Gasteiger partial charge in [0.2, 0.25) is 0 Å². The predicted molar refractivity (Wildman–Crippen MR) is 74.8 cm³/mol. The summed E-state index contributed by atoms with van der Waals surface area (Å²) in [7, 11) is 0. The zero-order chi connectivity index (χ0) is 13.1. The van der Waals surface area contributed by atoms with E-state index in [0.29, 0.717) is 5.92 Å². The summed E-state index contributed by atoms with van der Waals surface area (Å²) in [4.78, 5) is 5.70. The number of rotatable bonds is 5. The third kappa shape index (κ3) is 3.90. The van der Waals surface area contributed by atoms with E-state index < -0.39 is 0 Å². The van der Waals surface area contributed by atoms with E-state index in [9.17, 15) is 0 Å². The summed E-state index contributed by atoms with van der Waals surface area (Å²) in [6.45, 7) is 14.4. The Bertz CT molecular complexity index is 376. The van der Waals surface area contributed by atoms with Gasteiger partial charge in [0.1, 0.15) is 0 Å². The first kappa shape index (κ1) is 13.8. The number of benzene rings is 1. The van der Waals surface area contributed by atoms with Gasteiger partial charge in [-0.3, -0.25) is 10.3 Å². The summed E-state index contributed by atoms with van der Waals surface area (Å²) >= 11 is 0. The maximum atomic E-state index is 5.70. The molecular formula is C15H23NO. The number of hydrogen-bond acceptors (Lipinski definition) is 2. The molecule has 0 aliphatic heterocycles. The van der Waals surface area contributed by atoms with Gasteiger partial charge >= 0.3 is 0 Å². The van der Waals surface area contributed by atoms with Crippen molar-refractivity contribution in [2.45, 2.75) is 40.2 Å². The molecule has 0 aliphatic rings. The van der Waals surface area contributed by atoms with E-state index in [0.717, 1.165) is 16.8 Å². The second kappa shape index (κ2) is 5.37. The molecule has 0 unspecified atom stereocenters. The highest BCUT2D eigenvalue weighted by Crippen LogP contribution is 2.22. The van der Waals surface area contributed by atoms with Gasteiger partial charge < -0.3 is 0 Å². The van der Waals surface area contributed by atoms with E-state index >= 15 is 0 Å². The van der Waals surface area contributed by atoms with Gasteiger partial charge in [-0.2, -0.15) is 0 Å². The van der Waals surface area contributed by atoms with Crippen LogP contribution in [0, 0.1) is 5.92 Å². The molecule has 0 atom stereocenters. The van der Waals surface area contributed by atoms with Crippen LogP contribution in [0.2, 0.25) is 0 Å². The van der Waals surface area contributed by atoms with Crippen LogP contribution in [0.1, 0.15) is 40.2 Å². The highest BCUT2D eigenvalue weighted by molar-refractivity contribution is 5.63. The average Bonchev–Trinajstić information content (AvgIpc) is 2.27. The van der Waals surface area contributed by atoms with Crippen molar-refractivity contribution >= 4 is 11.3 Å². The molecule has 0 spiro atoms. The maximum absolute atomic E-state index is 5.70. The van der Waals surface area contributed by atoms with Crippen molar-refractivity contribution in [2.75, 3.05) is 5.48 Å². The SMILES string of the molecule is C=C(C)c1ccc(NOC(C)(C)C(C)C)cc1. The Labute approximate surface area is 105 Å². The van der Waals surface area contributed by atoms with E-state index in [1.54, 1.807) is 0 Å². The molecule has 0 aliphatic carbocycles. The lowest BCUT2D eigenvalue weighted by Gasteiger charge is -2.29. The van der Waals surface area contributed by atoms with Crippen molar-refractivity contribution < 1.29 is 4.84 Å². The Kier molecular flexibility index (Phi) is 4.35. The van der Waals surface area contributed by atoms with Crippen molar-refractivity contribution in [1.29, 1.82) is 0 Å². The summed E-state index contributed by atoms with van der Waals surface area (Å²) in [5, 5.41) is 0. The minimum absolute atomic E-state index is 0.187. The second-order valence-corrected chi connectivity index (χ2v) is 5.32. The summed E-state index contributed by atoms with van der Waals surface area (Å²) < 4.78 is 0. The first-order valence-corrected chi connectivity index (χ1v) is 6.03. The topological polar surface area (TPSA) is 21.3 Å². The highest BCUT2D eigenvalue weighted by atomic mass is 16.7. The number of nitrogens with one attached hydrogen (secondary N) is 1. The van der Waals surface area contributed by atoms with Crippen molar-refractivity contribution in [3.63, 3.8) is 0 Å². The summed E-state index contributed by atoms with van der Waals surface area (Å²) in [5.74, 6) is 0.449. The molecule has 2 heteroatoms. The molecule has 1 aromatic rings. The molecule has 0 radical (unpaired) electrons. The van der Waals surface area contributed by atoms with Crippen molar-refractivity contribution in [2.24, 2.45) is 5.92 Å². The normalized spacial score (nSPS) is 11.6. The van der Waals surface area contributed by atoms with E-state index in [4.69, 9.17) is 4.84 Å². The van der Waals surface area contributed by atoms with E-state index in [1.807, 2.05) is 31.2 Å². The standard InChI is InChI=1S/C15H23NO/c1-11(2)13-7-9-14(10-8-13)16-17-15(5,6)12(3)4/h7-10,12,16H,1H2,2-6H3. The summed E-state index contributed by atoms with van der Waals surface area (Å²) in [6, 6.07) is 8.08. The van der Waals surface area contributed by atoms with Crippen molar-refractivity contribution in [3.05, 3.63) is 36.4 Å². The molecule has 2 nitrogen and oxygen atoms in total. The lowest BCUT2D eigenvalue weighted by molar-refractivity contribution is -0.0172. The van der Waals surface area contributed by atoms with Gasteiger partial charge in [0.05, 0.1) is 11.3 Å². The Morgan fingerprint density at radius 1 is 1.24 bits per heavy atom. The Hall–Kier alpha value is -1.28. The van der Waals surface area contributed by atoms with Crippen molar-refractivity contribution in [1.82, 2.24) is 0 Å². The third-order valence-electron chi connectivity index (χ3n) is 3.20. The first-order valence-electron chi connectivity index (χ1n) is 6.03. The molecule has 0 saturated carbocycles. The zero-order valence-electron chi connectivity index (χ0n) is 11.5. The third-order valence-corrected chi connectivity index (χ3v) is 3.20.